The third-order valence-electron chi connectivity index (χ3n) is 6.77. The summed E-state index contributed by atoms with van der Waals surface area (Å²) < 4.78 is 2.40. The zero-order valence-electron chi connectivity index (χ0n) is 20.4. The van der Waals surface area contributed by atoms with Gasteiger partial charge in [-0.1, -0.05) is 68.9 Å². The highest BCUT2D eigenvalue weighted by molar-refractivity contribution is 8.26. The first-order valence-electron chi connectivity index (χ1n) is 12.4. The fourth-order valence-electron chi connectivity index (χ4n) is 4.83. The van der Waals surface area contributed by atoms with Gasteiger partial charge in [-0.2, -0.15) is 0 Å². The number of pyridine rings is 1. The third-order valence-corrected chi connectivity index (χ3v) is 8.14. The average Bonchev–Trinajstić information content (AvgIpc) is 3.12. The molecule has 1 aromatic heterocycles. The summed E-state index contributed by atoms with van der Waals surface area (Å²) in [6.45, 7) is 12.2. The predicted octanol–water partition coefficient (Wildman–Crippen LogP) is 4.55. The van der Waals surface area contributed by atoms with Crippen LogP contribution in [0, 0.1) is 0 Å². The van der Waals surface area contributed by atoms with E-state index in [1.807, 2.05) is 35.8 Å². The molecule has 34 heavy (non-hydrogen) atoms. The summed E-state index contributed by atoms with van der Waals surface area (Å²) in [4.78, 5) is 34.0. The van der Waals surface area contributed by atoms with Crippen LogP contribution in [0.3, 0.4) is 0 Å². The maximum atomic E-state index is 13.8. The molecule has 6 nitrogen and oxygen atoms in total. The molecule has 0 atom stereocenters. The molecule has 4 rings (SSSR count). The predicted molar refractivity (Wildman–Crippen MR) is 148 cm³/mol. The third kappa shape index (κ3) is 4.81. The summed E-state index contributed by atoms with van der Waals surface area (Å²) in [6.07, 6.45) is 4.90. The number of carbonyl (C=O) groups is 1. The minimum atomic E-state index is -0.0801. The number of aryl methyl sites for hydroxylation is 1. The van der Waals surface area contributed by atoms with Crippen molar-refractivity contribution in [3.05, 3.63) is 45.1 Å². The summed E-state index contributed by atoms with van der Waals surface area (Å²) in [5.41, 5.74) is 2.43. The highest BCUT2D eigenvalue weighted by Gasteiger charge is 2.33. The molecule has 0 bridgehead atoms. The fourth-order valence-corrected chi connectivity index (χ4v) is 6.12. The van der Waals surface area contributed by atoms with Gasteiger partial charge in [0, 0.05) is 44.7 Å². The lowest BCUT2D eigenvalue weighted by Crippen LogP contribution is -2.47. The quantitative estimate of drug-likeness (QED) is 0.302. The first-order chi connectivity index (χ1) is 16.5. The zero-order chi connectivity index (χ0) is 24.2. The summed E-state index contributed by atoms with van der Waals surface area (Å²) in [7, 11) is 0. The summed E-state index contributed by atoms with van der Waals surface area (Å²) in [5, 5.41) is 1.05. The van der Waals surface area contributed by atoms with Crippen molar-refractivity contribution in [2.24, 2.45) is 0 Å². The molecule has 2 saturated heterocycles. The molecular formula is C26H34N4O2S2. The lowest BCUT2D eigenvalue weighted by molar-refractivity contribution is -0.122. The van der Waals surface area contributed by atoms with Gasteiger partial charge in [-0.25, -0.2) is 0 Å². The van der Waals surface area contributed by atoms with Crippen LogP contribution in [0.25, 0.3) is 17.0 Å². The number of amides is 1. The number of aromatic nitrogens is 1. The second-order valence-corrected chi connectivity index (χ2v) is 10.5. The Labute approximate surface area is 211 Å². The first kappa shape index (κ1) is 24.9. The van der Waals surface area contributed by atoms with Crippen LogP contribution in [0.2, 0.25) is 0 Å². The molecule has 1 aromatic carbocycles. The normalized spacial score (nSPS) is 18.6. The molecule has 2 aromatic rings. The maximum Gasteiger partial charge on any atom is 0.266 e. The minimum Gasteiger partial charge on any atom is -0.368 e. The Hall–Kier alpha value is -2.16. The maximum absolute atomic E-state index is 13.8. The summed E-state index contributed by atoms with van der Waals surface area (Å²) in [5.74, 6) is -0.0801. The van der Waals surface area contributed by atoms with Crippen molar-refractivity contribution in [3.63, 3.8) is 0 Å². The molecule has 0 N–H and O–H groups in total. The molecule has 8 heteroatoms. The SMILES string of the molecule is CCCCCN1C(=O)C(=Cc2c(N3CCN(CC)CC3)c3ccccc3n(CC)c2=O)SC1=S. The molecular weight excluding hydrogens is 464 g/mol. The van der Waals surface area contributed by atoms with Crippen molar-refractivity contribution in [2.45, 2.75) is 46.6 Å². The van der Waals surface area contributed by atoms with E-state index in [4.69, 9.17) is 12.2 Å². The largest absolute Gasteiger partial charge is 0.368 e. The lowest BCUT2D eigenvalue weighted by atomic mass is 10.0. The van der Waals surface area contributed by atoms with Crippen LogP contribution in [0.1, 0.15) is 45.6 Å². The van der Waals surface area contributed by atoms with Gasteiger partial charge in [0.2, 0.25) is 0 Å². The van der Waals surface area contributed by atoms with Gasteiger partial charge in [0.25, 0.3) is 11.5 Å². The molecule has 2 aliphatic rings. The number of fused-ring (bicyclic) bond motifs is 1. The smallest absolute Gasteiger partial charge is 0.266 e. The topological polar surface area (TPSA) is 48.8 Å². The van der Waals surface area contributed by atoms with Crippen LogP contribution in [0.15, 0.2) is 34.0 Å². The van der Waals surface area contributed by atoms with Gasteiger partial charge in [-0.05, 0) is 32.0 Å². The van der Waals surface area contributed by atoms with E-state index in [1.54, 1.807) is 4.90 Å². The Morgan fingerprint density at radius 3 is 2.41 bits per heavy atom. The number of unbranched alkanes of at least 4 members (excludes halogenated alkanes) is 2. The molecule has 3 heterocycles. The summed E-state index contributed by atoms with van der Waals surface area (Å²) in [6, 6.07) is 8.11. The number of hydrogen-bond acceptors (Lipinski definition) is 6. The average molecular weight is 499 g/mol. The van der Waals surface area contributed by atoms with Gasteiger partial charge >= 0.3 is 0 Å². The number of likely N-dealkylation sites (N-methyl/N-ethyl adjacent to an activating group) is 1. The van der Waals surface area contributed by atoms with E-state index in [0.717, 1.165) is 68.6 Å². The van der Waals surface area contributed by atoms with Crippen molar-refractivity contribution in [2.75, 3.05) is 44.2 Å². The molecule has 2 fully saturated rings. The van der Waals surface area contributed by atoms with Gasteiger partial charge in [0.15, 0.2) is 0 Å². The van der Waals surface area contributed by atoms with E-state index < -0.39 is 0 Å². The Balaban J connectivity index is 1.82. The van der Waals surface area contributed by atoms with Crippen LogP contribution in [-0.4, -0.2) is 63.9 Å². The molecule has 0 spiro atoms. The highest BCUT2D eigenvalue weighted by Crippen LogP contribution is 2.36. The Morgan fingerprint density at radius 1 is 1.00 bits per heavy atom. The Bertz CT molecular complexity index is 1170. The molecule has 1 amide bonds. The van der Waals surface area contributed by atoms with Crippen molar-refractivity contribution in [3.8, 4) is 0 Å². The number of piperazine rings is 1. The van der Waals surface area contributed by atoms with Gasteiger partial charge in [-0.3, -0.25) is 14.5 Å². The van der Waals surface area contributed by atoms with Gasteiger partial charge < -0.3 is 14.4 Å². The number of para-hydroxylation sites is 1. The number of thiocarbonyl (C=S) groups is 1. The number of rotatable bonds is 8. The lowest BCUT2D eigenvalue weighted by Gasteiger charge is -2.37. The van der Waals surface area contributed by atoms with Crippen molar-refractivity contribution in [1.82, 2.24) is 14.4 Å². The standard InChI is InChI=1S/C26H34N4O2S2/c1-4-7-10-13-30-25(32)22(34-26(30)33)18-20-23(28-16-14-27(5-2)15-17-28)19-11-8-9-12-21(19)29(6-3)24(20)31/h8-9,11-12,18H,4-7,10,13-17H2,1-3H3. The number of thioether (sulfide) groups is 1. The highest BCUT2D eigenvalue weighted by atomic mass is 32.2. The van der Waals surface area contributed by atoms with Crippen molar-refractivity contribution < 1.29 is 4.79 Å². The van der Waals surface area contributed by atoms with Crippen molar-refractivity contribution >= 4 is 56.9 Å². The van der Waals surface area contributed by atoms with E-state index in [2.05, 4.69) is 29.7 Å². The van der Waals surface area contributed by atoms with E-state index in [0.29, 0.717) is 27.9 Å². The van der Waals surface area contributed by atoms with E-state index >= 15 is 0 Å². The number of carbonyl (C=O) groups excluding carboxylic acids is 1. The van der Waals surface area contributed by atoms with Crippen molar-refractivity contribution in [1.29, 1.82) is 0 Å². The summed E-state index contributed by atoms with van der Waals surface area (Å²) >= 11 is 6.85. The molecule has 182 valence electrons. The van der Waals surface area contributed by atoms with E-state index in [9.17, 15) is 9.59 Å². The van der Waals surface area contributed by atoms with E-state index in [-0.39, 0.29) is 11.5 Å². The monoisotopic (exact) mass is 498 g/mol. The van der Waals surface area contributed by atoms with Gasteiger partial charge in [-0.15, -0.1) is 0 Å². The van der Waals surface area contributed by atoms with Crippen LogP contribution in [0.4, 0.5) is 5.69 Å². The first-order valence-corrected chi connectivity index (χ1v) is 13.6. The van der Waals surface area contributed by atoms with E-state index in [1.165, 1.54) is 11.8 Å². The fraction of sp³-hybridized carbons (Fsp3) is 0.500. The van der Waals surface area contributed by atoms with Crippen LogP contribution in [-0.2, 0) is 11.3 Å². The number of anilines is 1. The molecule has 0 radical (unpaired) electrons. The zero-order valence-corrected chi connectivity index (χ0v) is 22.0. The molecule has 0 unspecified atom stereocenters. The molecule has 0 aliphatic carbocycles. The van der Waals surface area contributed by atoms with Gasteiger partial charge in [0.05, 0.1) is 21.7 Å². The van der Waals surface area contributed by atoms with Crippen LogP contribution >= 0.6 is 24.0 Å². The Morgan fingerprint density at radius 2 is 1.74 bits per heavy atom. The molecule has 0 saturated carbocycles. The number of hydrogen-bond donors (Lipinski definition) is 0. The van der Waals surface area contributed by atoms with Gasteiger partial charge in [0.1, 0.15) is 4.32 Å². The number of nitrogens with zero attached hydrogens (tertiary/aromatic N) is 4. The Kier molecular flexibility index (Phi) is 8.11. The van der Waals surface area contributed by atoms with Crippen LogP contribution < -0.4 is 10.5 Å². The number of benzene rings is 1. The van der Waals surface area contributed by atoms with Crippen LogP contribution in [0.5, 0.6) is 0 Å². The minimum absolute atomic E-state index is 0.0506. The second kappa shape index (κ2) is 11.1. The molecule has 2 aliphatic heterocycles. The second-order valence-electron chi connectivity index (χ2n) is 8.79.